The van der Waals surface area contributed by atoms with E-state index in [9.17, 15) is 14.0 Å². The van der Waals surface area contributed by atoms with Gasteiger partial charge >= 0.3 is 0 Å². The molecule has 2 aromatic carbocycles. The van der Waals surface area contributed by atoms with E-state index in [0.717, 1.165) is 10.0 Å². The first kappa shape index (κ1) is 20.9. The Bertz CT molecular complexity index is 766. The van der Waals surface area contributed by atoms with Gasteiger partial charge in [-0.25, -0.2) is 4.39 Å². The van der Waals surface area contributed by atoms with Crippen LogP contribution in [0.3, 0.4) is 0 Å². The van der Waals surface area contributed by atoms with E-state index in [1.807, 2.05) is 31.2 Å². The van der Waals surface area contributed by atoms with Crippen LogP contribution in [0, 0.1) is 5.82 Å². The zero-order valence-electron chi connectivity index (χ0n) is 15.2. The Morgan fingerprint density at radius 1 is 1.15 bits per heavy atom. The number of nitrogens with zero attached hydrogens (tertiary/aromatic N) is 1. The summed E-state index contributed by atoms with van der Waals surface area (Å²) in [5.74, 6) is -0.555. The molecular formula is C20H22BrFN2O3. The van der Waals surface area contributed by atoms with Gasteiger partial charge in [0.25, 0.3) is 5.91 Å². The van der Waals surface area contributed by atoms with Gasteiger partial charge in [-0.1, -0.05) is 28.1 Å². The summed E-state index contributed by atoms with van der Waals surface area (Å²) in [6.07, 6.45) is 0. The highest BCUT2D eigenvalue weighted by molar-refractivity contribution is 9.10. The summed E-state index contributed by atoms with van der Waals surface area (Å²) in [5.41, 5.74) is 0.893. The molecule has 0 aliphatic carbocycles. The maximum Gasteiger partial charge on any atom is 0.261 e. The molecule has 0 aliphatic rings. The molecule has 0 spiro atoms. The summed E-state index contributed by atoms with van der Waals surface area (Å²) >= 11 is 3.38. The molecule has 0 unspecified atom stereocenters. The molecule has 2 rings (SSSR count). The molecule has 0 bridgehead atoms. The molecular weight excluding hydrogens is 415 g/mol. The van der Waals surface area contributed by atoms with Crippen LogP contribution < -0.4 is 10.1 Å². The van der Waals surface area contributed by atoms with Gasteiger partial charge in [0, 0.05) is 17.6 Å². The van der Waals surface area contributed by atoms with E-state index in [2.05, 4.69) is 21.2 Å². The summed E-state index contributed by atoms with van der Waals surface area (Å²) in [7, 11) is 0. The first-order valence-corrected chi connectivity index (χ1v) is 9.40. The van der Waals surface area contributed by atoms with Crippen LogP contribution in [0.1, 0.15) is 19.4 Å². The van der Waals surface area contributed by atoms with E-state index in [1.54, 1.807) is 6.92 Å². The van der Waals surface area contributed by atoms with Crippen molar-refractivity contribution < 1.29 is 18.7 Å². The Morgan fingerprint density at radius 2 is 1.78 bits per heavy atom. The van der Waals surface area contributed by atoms with E-state index in [0.29, 0.717) is 12.3 Å². The number of rotatable bonds is 8. The van der Waals surface area contributed by atoms with Gasteiger partial charge in [0.2, 0.25) is 5.91 Å². The predicted octanol–water partition coefficient (Wildman–Crippen LogP) is 3.52. The summed E-state index contributed by atoms with van der Waals surface area (Å²) in [6, 6.07) is 12.3. The third-order valence-corrected chi connectivity index (χ3v) is 4.49. The van der Waals surface area contributed by atoms with E-state index < -0.39 is 6.04 Å². The number of halogens is 2. The van der Waals surface area contributed by atoms with Crippen molar-refractivity contribution in [2.24, 2.45) is 0 Å². The molecule has 0 heterocycles. The lowest BCUT2D eigenvalue weighted by Gasteiger charge is -2.28. The zero-order valence-corrected chi connectivity index (χ0v) is 16.8. The Labute approximate surface area is 166 Å². The van der Waals surface area contributed by atoms with Crippen LogP contribution >= 0.6 is 15.9 Å². The normalized spacial score (nSPS) is 11.6. The predicted molar refractivity (Wildman–Crippen MR) is 105 cm³/mol. The molecule has 0 aromatic heterocycles. The van der Waals surface area contributed by atoms with Crippen LogP contribution in [0.25, 0.3) is 0 Å². The number of carbonyl (C=O) groups excluding carboxylic acids is 2. The Balaban J connectivity index is 2.11. The largest absolute Gasteiger partial charge is 0.484 e. The van der Waals surface area contributed by atoms with E-state index in [4.69, 9.17) is 4.74 Å². The molecule has 0 saturated heterocycles. The molecule has 1 N–H and O–H groups in total. The van der Waals surface area contributed by atoms with Crippen molar-refractivity contribution in [3.63, 3.8) is 0 Å². The topological polar surface area (TPSA) is 58.6 Å². The lowest BCUT2D eigenvalue weighted by molar-refractivity contribution is -0.142. The molecule has 1 atom stereocenters. The quantitative estimate of drug-likeness (QED) is 0.688. The Morgan fingerprint density at radius 3 is 2.37 bits per heavy atom. The van der Waals surface area contributed by atoms with Crippen molar-refractivity contribution in [1.82, 2.24) is 10.2 Å². The Hall–Kier alpha value is -2.41. The number of carbonyl (C=O) groups is 2. The van der Waals surface area contributed by atoms with Crippen molar-refractivity contribution in [3.8, 4) is 5.75 Å². The van der Waals surface area contributed by atoms with Crippen LogP contribution in [0.2, 0.25) is 0 Å². The number of benzene rings is 2. The number of ether oxygens (including phenoxy) is 1. The third kappa shape index (κ3) is 6.36. The summed E-state index contributed by atoms with van der Waals surface area (Å²) in [4.78, 5) is 26.5. The van der Waals surface area contributed by atoms with Gasteiger partial charge < -0.3 is 15.0 Å². The fourth-order valence-electron chi connectivity index (χ4n) is 2.45. The van der Waals surface area contributed by atoms with Crippen LogP contribution in [-0.4, -0.2) is 35.9 Å². The average Bonchev–Trinajstić information content (AvgIpc) is 2.66. The standard InChI is InChI=1S/C20H22BrFN2O3/c1-3-23-20(26)14(2)24(12-15-4-6-16(21)7-5-15)19(25)13-27-18-10-8-17(22)9-11-18/h4-11,14H,3,12-13H2,1-2H3,(H,23,26)/t14-/m1/s1. The Kier molecular flexibility index (Phi) is 7.79. The number of likely N-dealkylation sites (N-methyl/N-ethyl adjacent to an activating group) is 1. The molecule has 27 heavy (non-hydrogen) atoms. The molecule has 2 aromatic rings. The lowest BCUT2D eigenvalue weighted by atomic mass is 10.1. The van der Waals surface area contributed by atoms with Gasteiger partial charge in [-0.2, -0.15) is 0 Å². The van der Waals surface area contributed by atoms with Gasteiger partial charge in [-0.3, -0.25) is 9.59 Å². The fraction of sp³-hybridized carbons (Fsp3) is 0.300. The highest BCUT2D eigenvalue weighted by Gasteiger charge is 2.26. The molecule has 2 amide bonds. The van der Waals surface area contributed by atoms with Crippen LogP contribution in [0.4, 0.5) is 4.39 Å². The maximum absolute atomic E-state index is 13.0. The monoisotopic (exact) mass is 436 g/mol. The number of hydrogen-bond donors (Lipinski definition) is 1. The van der Waals surface area contributed by atoms with Crippen molar-refractivity contribution in [1.29, 1.82) is 0 Å². The van der Waals surface area contributed by atoms with Crippen LogP contribution in [0.15, 0.2) is 53.0 Å². The summed E-state index contributed by atoms with van der Waals surface area (Å²) in [5, 5.41) is 2.73. The van der Waals surface area contributed by atoms with Crippen molar-refractivity contribution in [2.75, 3.05) is 13.2 Å². The third-order valence-electron chi connectivity index (χ3n) is 3.96. The molecule has 5 nitrogen and oxygen atoms in total. The molecule has 144 valence electrons. The first-order chi connectivity index (χ1) is 12.9. The maximum atomic E-state index is 13.0. The minimum atomic E-state index is -0.655. The summed E-state index contributed by atoms with van der Waals surface area (Å²) < 4.78 is 19.4. The van der Waals surface area contributed by atoms with Crippen molar-refractivity contribution in [3.05, 3.63) is 64.4 Å². The lowest BCUT2D eigenvalue weighted by Crippen LogP contribution is -2.49. The van der Waals surface area contributed by atoms with Gasteiger partial charge in [0.05, 0.1) is 0 Å². The highest BCUT2D eigenvalue weighted by atomic mass is 79.9. The second-order valence-electron chi connectivity index (χ2n) is 5.96. The zero-order chi connectivity index (χ0) is 19.8. The smallest absolute Gasteiger partial charge is 0.261 e. The van der Waals surface area contributed by atoms with Crippen molar-refractivity contribution >= 4 is 27.7 Å². The number of amides is 2. The van der Waals surface area contributed by atoms with Crippen molar-refractivity contribution in [2.45, 2.75) is 26.4 Å². The second-order valence-corrected chi connectivity index (χ2v) is 6.88. The van der Waals surface area contributed by atoms with Gasteiger partial charge in [-0.05, 0) is 55.8 Å². The molecule has 0 aliphatic heterocycles. The second kappa shape index (κ2) is 10.1. The molecule has 0 saturated carbocycles. The number of nitrogens with one attached hydrogen (secondary N) is 1. The fourth-order valence-corrected chi connectivity index (χ4v) is 2.71. The van der Waals surface area contributed by atoms with Gasteiger partial charge in [0.1, 0.15) is 17.6 Å². The van der Waals surface area contributed by atoms with Gasteiger partial charge in [0.15, 0.2) is 6.61 Å². The van der Waals surface area contributed by atoms with Gasteiger partial charge in [-0.15, -0.1) is 0 Å². The van der Waals surface area contributed by atoms with Crippen LogP contribution in [0.5, 0.6) is 5.75 Å². The van der Waals surface area contributed by atoms with E-state index >= 15 is 0 Å². The number of hydrogen-bond acceptors (Lipinski definition) is 3. The minimum absolute atomic E-state index is 0.232. The highest BCUT2D eigenvalue weighted by Crippen LogP contribution is 2.15. The summed E-state index contributed by atoms with van der Waals surface area (Å²) in [6.45, 7) is 4.02. The molecule has 0 fully saturated rings. The van der Waals surface area contributed by atoms with Crippen LogP contribution in [-0.2, 0) is 16.1 Å². The molecule has 7 heteroatoms. The first-order valence-electron chi connectivity index (χ1n) is 8.60. The SMILES string of the molecule is CCNC(=O)[C@@H](C)N(Cc1ccc(Br)cc1)C(=O)COc1ccc(F)cc1. The van der Waals surface area contributed by atoms with E-state index in [1.165, 1.54) is 29.2 Å². The minimum Gasteiger partial charge on any atom is -0.484 e. The molecule has 0 radical (unpaired) electrons. The average molecular weight is 437 g/mol. The van der Waals surface area contributed by atoms with E-state index in [-0.39, 0.29) is 30.8 Å².